The first-order chi connectivity index (χ1) is 14.2. The molecule has 1 unspecified atom stereocenters. The first-order valence-corrected chi connectivity index (χ1v) is 10.4. The van der Waals surface area contributed by atoms with E-state index in [1.807, 2.05) is 48.5 Å². The van der Waals surface area contributed by atoms with E-state index < -0.39 is 0 Å². The Morgan fingerprint density at radius 1 is 1.10 bits per heavy atom. The van der Waals surface area contributed by atoms with Crippen LogP contribution in [0.3, 0.4) is 0 Å². The van der Waals surface area contributed by atoms with Crippen molar-refractivity contribution in [3.05, 3.63) is 59.7 Å². The Kier molecular flexibility index (Phi) is 7.30. The quantitative estimate of drug-likeness (QED) is 0.479. The summed E-state index contributed by atoms with van der Waals surface area (Å²) in [6.45, 7) is 2.58. The lowest BCUT2D eigenvalue weighted by Gasteiger charge is -2.15. The Morgan fingerprint density at radius 3 is 2.55 bits per heavy atom. The molecule has 0 saturated carbocycles. The zero-order chi connectivity index (χ0) is 20.6. The molecule has 2 aromatic carbocycles. The third-order valence-corrected chi connectivity index (χ3v) is 5.75. The molecule has 152 valence electrons. The molecule has 6 nitrogen and oxygen atoms in total. The summed E-state index contributed by atoms with van der Waals surface area (Å²) in [5.74, 6) is 1.38. The topological polar surface area (TPSA) is 63.5 Å². The summed E-state index contributed by atoms with van der Waals surface area (Å²) < 4.78 is 10.6. The molecule has 1 atom stereocenters. The summed E-state index contributed by atoms with van der Waals surface area (Å²) in [5, 5.41) is 9.12. The van der Waals surface area contributed by atoms with Crippen LogP contribution in [0.25, 0.3) is 0 Å². The molecule has 0 aliphatic carbocycles. The number of ether oxygens (including phenoxy) is 2. The second kappa shape index (κ2) is 10.1. The van der Waals surface area contributed by atoms with E-state index in [1.165, 1.54) is 11.8 Å². The number of methoxy groups -OCH3 is 2. The van der Waals surface area contributed by atoms with Crippen LogP contribution in [0, 0.1) is 0 Å². The number of carbonyl (C=O) groups excluding carboxylic acids is 1. The van der Waals surface area contributed by atoms with E-state index in [-0.39, 0.29) is 11.2 Å². The normalized spacial score (nSPS) is 18.0. The molecule has 29 heavy (non-hydrogen) atoms. The fourth-order valence-electron chi connectivity index (χ4n) is 3.02. The van der Waals surface area contributed by atoms with E-state index in [0.29, 0.717) is 23.2 Å². The largest absolute Gasteiger partial charge is 0.493 e. The number of hydrogen-bond donors (Lipinski definition) is 0. The number of carbonyl (C=O) groups is 1. The van der Waals surface area contributed by atoms with Gasteiger partial charge in [-0.3, -0.25) is 9.69 Å². The minimum atomic E-state index is -0.0984. The molecule has 1 aliphatic rings. The van der Waals surface area contributed by atoms with Crippen LogP contribution in [-0.4, -0.2) is 41.7 Å². The van der Waals surface area contributed by atoms with Crippen LogP contribution >= 0.6 is 11.8 Å². The fourth-order valence-corrected chi connectivity index (χ4v) is 4.23. The first kappa shape index (κ1) is 20.9. The van der Waals surface area contributed by atoms with E-state index in [2.05, 4.69) is 17.1 Å². The monoisotopic (exact) mass is 411 g/mol. The van der Waals surface area contributed by atoms with Gasteiger partial charge in [0.05, 0.1) is 32.2 Å². The lowest BCUT2D eigenvalue weighted by Crippen LogP contribution is -2.31. The van der Waals surface area contributed by atoms with Gasteiger partial charge in [0.2, 0.25) is 5.91 Å². The Balaban J connectivity index is 1.80. The predicted molar refractivity (Wildman–Crippen MR) is 118 cm³/mol. The van der Waals surface area contributed by atoms with Crippen molar-refractivity contribution in [1.29, 1.82) is 0 Å². The van der Waals surface area contributed by atoms with E-state index in [9.17, 15) is 4.79 Å². The fraction of sp³-hybridized carbons (Fsp3) is 0.318. The van der Waals surface area contributed by atoms with Gasteiger partial charge in [-0.2, -0.15) is 5.10 Å². The number of benzene rings is 2. The summed E-state index contributed by atoms with van der Waals surface area (Å²) in [5.41, 5.74) is 1.90. The minimum Gasteiger partial charge on any atom is -0.493 e. The van der Waals surface area contributed by atoms with Crippen molar-refractivity contribution in [1.82, 2.24) is 4.90 Å². The summed E-state index contributed by atoms with van der Waals surface area (Å²) in [6.07, 6.45) is 3.42. The van der Waals surface area contributed by atoms with Crippen LogP contribution in [0.15, 0.2) is 58.7 Å². The van der Waals surface area contributed by atoms with Crippen molar-refractivity contribution >= 4 is 29.1 Å². The lowest BCUT2D eigenvalue weighted by molar-refractivity contribution is -0.126. The van der Waals surface area contributed by atoms with Gasteiger partial charge < -0.3 is 9.47 Å². The van der Waals surface area contributed by atoms with Crippen LogP contribution in [0.2, 0.25) is 0 Å². The molecule has 0 radical (unpaired) electrons. The molecule has 0 bridgehead atoms. The molecule has 7 heteroatoms. The van der Waals surface area contributed by atoms with Crippen LogP contribution in [0.5, 0.6) is 11.5 Å². The molecule has 1 aliphatic heterocycles. The van der Waals surface area contributed by atoms with Crippen LogP contribution < -0.4 is 9.47 Å². The van der Waals surface area contributed by atoms with Crippen molar-refractivity contribution < 1.29 is 14.3 Å². The SMILES string of the molecule is CCCC1S/C(=N/N=C/c2ccc(OC)c(OC)c2)N(Cc2ccccc2)C1=O. The maximum Gasteiger partial charge on any atom is 0.242 e. The lowest BCUT2D eigenvalue weighted by atomic mass is 10.2. The van der Waals surface area contributed by atoms with E-state index in [4.69, 9.17) is 9.47 Å². The number of rotatable bonds is 8. The average Bonchev–Trinajstić information content (AvgIpc) is 3.03. The van der Waals surface area contributed by atoms with Gasteiger partial charge in [0.1, 0.15) is 0 Å². The molecule has 1 saturated heterocycles. The van der Waals surface area contributed by atoms with Crippen LogP contribution in [0.4, 0.5) is 0 Å². The summed E-state index contributed by atoms with van der Waals surface area (Å²) in [6, 6.07) is 15.5. The summed E-state index contributed by atoms with van der Waals surface area (Å²) in [7, 11) is 3.19. The predicted octanol–water partition coefficient (Wildman–Crippen LogP) is 4.34. The smallest absolute Gasteiger partial charge is 0.242 e. The van der Waals surface area contributed by atoms with E-state index >= 15 is 0 Å². The van der Waals surface area contributed by atoms with Crippen LogP contribution in [-0.2, 0) is 11.3 Å². The number of amides is 1. The van der Waals surface area contributed by atoms with Gasteiger partial charge in [0.15, 0.2) is 16.7 Å². The summed E-state index contributed by atoms with van der Waals surface area (Å²) in [4.78, 5) is 14.6. The van der Waals surface area contributed by atoms with Gasteiger partial charge in [-0.25, -0.2) is 0 Å². The molecule has 1 fully saturated rings. The maximum absolute atomic E-state index is 12.8. The molecule has 1 amide bonds. The number of thioether (sulfide) groups is 1. The Labute approximate surface area is 175 Å². The van der Waals surface area contributed by atoms with Gasteiger partial charge >= 0.3 is 0 Å². The molecular formula is C22H25N3O3S. The highest BCUT2D eigenvalue weighted by molar-refractivity contribution is 8.15. The molecular weight excluding hydrogens is 386 g/mol. The van der Waals surface area contributed by atoms with Gasteiger partial charge in [-0.15, -0.1) is 5.10 Å². The Bertz CT molecular complexity index is 899. The second-order valence-electron chi connectivity index (χ2n) is 6.55. The van der Waals surface area contributed by atoms with E-state index in [0.717, 1.165) is 24.0 Å². The number of hydrogen-bond acceptors (Lipinski definition) is 6. The highest BCUT2D eigenvalue weighted by Gasteiger charge is 2.37. The number of amidine groups is 1. The van der Waals surface area contributed by atoms with Crippen molar-refractivity contribution in [2.24, 2.45) is 10.2 Å². The molecule has 1 heterocycles. The minimum absolute atomic E-state index is 0.0979. The van der Waals surface area contributed by atoms with Crippen molar-refractivity contribution in [3.63, 3.8) is 0 Å². The number of nitrogens with zero attached hydrogens (tertiary/aromatic N) is 3. The zero-order valence-corrected chi connectivity index (χ0v) is 17.7. The van der Waals surface area contributed by atoms with Gasteiger partial charge in [-0.05, 0) is 35.7 Å². The third-order valence-electron chi connectivity index (χ3n) is 4.51. The molecule has 3 rings (SSSR count). The average molecular weight is 412 g/mol. The van der Waals surface area contributed by atoms with Crippen molar-refractivity contribution in [2.75, 3.05) is 14.2 Å². The Morgan fingerprint density at radius 2 is 1.86 bits per heavy atom. The van der Waals surface area contributed by atoms with Crippen molar-refractivity contribution in [2.45, 2.75) is 31.6 Å². The Hall–Kier alpha value is -2.80. The maximum atomic E-state index is 12.8. The molecule has 0 aromatic heterocycles. The highest BCUT2D eigenvalue weighted by atomic mass is 32.2. The summed E-state index contributed by atoms with van der Waals surface area (Å²) >= 11 is 1.49. The zero-order valence-electron chi connectivity index (χ0n) is 16.9. The third kappa shape index (κ3) is 5.17. The highest BCUT2D eigenvalue weighted by Crippen LogP contribution is 2.32. The van der Waals surface area contributed by atoms with Gasteiger partial charge in [0, 0.05) is 0 Å². The molecule has 0 N–H and O–H groups in total. The van der Waals surface area contributed by atoms with E-state index in [1.54, 1.807) is 25.3 Å². The van der Waals surface area contributed by atoms with Gasteiger partial charge in [-0.1, -0.05) is 55.4 Å². The second-order valence-corrected chi connectivity index (χ2v) is 7.72. The van der Waals surface area contributed by atoms with Crippen LogP contribution in [0.1, 0.15) is 30.9 Å². The molecule has 2 aromatic rings. The van der Waals surface area contributed by atoms with Crippen molar-refractivity contribution in [3.8, 4) is 11.5 Å². The standard InChI is InChI=1S/C22H25N3O3S/c1-4-8-20-21(26)25(15-16-9-6-5-7-10-16)22(29-20)24-23-14-17-11-12-18(27-2)19(13-17)28-3/h5-7,9-14,20H,4,8,15H2,1-3H3/b23-14+,24-22+. The first-order valence-electron chi connectivity index (χ1n) is 9.51. The molecule has 0 spiro atoms. The van der Waals surface area contributed by atoms with Gasteiger partial charge in [0.25, 0.3) is 0 Å².